The van der Waals surface area contributed by atoms with E-state index < -0.39 is 0 Å². The van der Waals surface area contributed by atoms with Gasteiger partial charge in [-0.1, -0.05) is 31.4 Å². The molecule has 1 fully saturated rings. The lowest BCUT2D eigenvalue weighted by atomic mass is 9.87. The molecule has 2 heterocycles. The first kappa shape index (κ1) is 17.9. The lowest BCUT2D eigenvalue weighted by molar-refractivity contribution is 0.560. The van der Waals surface area contributed by atoms with Crippen molar-refractivity contribution in [3.05, 3.63) is 60.2 Å². The number of fused-ring (bicyclic) bond motifs is 1. The van der Waals surface area contributed by atoms with Crippen molar-refractivity contribution in [1.29, 1.82) is 0 Å². The van der Waals surface area contributed by atoms with Gasteiger partial charge in [-0.05, 0) is 67.0 Å². The first-order chi connectivity index (χ1) is 12.1. The molecule has 3 rings (SSSR count). The number of hydrogen-bond donors (Lipinski definition) is 2. The Morgan fingerprint density at radius 3 is 2.52 bits per heavy atom. The Balaban J connectivity index is 1.98. The second-order valence-electron chi connectivity index (χ2n) is 6.77. The van der Waals surface area contributed by atoms with Crippen LogP contribution < -0.4 is 10.6 Å². The van der Waals surface area contributed by atoms with Gasteiger partial charge in [-0.25, -0.2) is 0 Å². The van der Waals surface area contributed by atoms with Gasteiger partial charge in [-0.15, -0.1) is 0 Å². The van der Waals surface area contributed by atoms with E-state index in [0.717, 1.165) is 41.4 Å². The van der Waals surface area contributed by atoms with Crippen molar-refractivity contribution in [3.8, 4) is 0 Å². The number of thioether (sulfide) groups is 1. The van der Waals surface area contributed by atoms with Crippen molar-refractivity contribution >= 4 is 29.0 Å². The maximum absolute atomic E-state index is 4.95. The summed E-state index contributed by atoms with van der Waals surface area (Å²) in [6.07, 6.45) is 7.79. The fourth-order valence-electron chi connectivity index (χ4n) is 3.37. The molecule has 1 aromatic carbocycles. The molecule has 0 radical (unpaired) electrons. The number of hydrogen-bond acceptors (Lipinski definition) is 3. The van der Waals surface area contributed by atoms with E-state index in [2.05, 4.69) is 49.8 Å². The van der Waals surface area contributed by atoms with Gasteiger partial charge in [0.05, 0.1) is 23.5 Å². The van der Waals surface area contributed by atoms with Gasteiger partial charge in [0.25, 0.3) is 0 Å². The van der Waals surface area contributed by atoms with E-state index in [-0.39, 0.29) is 5.54 Å². The first-order valence-electron chi connectivity index (χ1n) is 8.81. The maximum atomic E-state index is 4.95. The largest absolute Gasteiger partial charge is 0.371 e. The number of nitrogens with zero attached hydrogens (tertiary/aromatic N) is 1. The van der Waals surface area contributed by atoms with E-state index in [0.29, 0.717) is 6.54 Å². The van der Waals surface area contributed by atoms with Crippen molar-refractivity contribution in [1.82, 2.24) is 0 Å². The van der Waals surface area contributed by atoms with Crippen LogP contribution in [0.3, 0.4) is 0 Å². The van der Waals surface area contributed by atoms with Crippen molar-refractivity contribution in [2.45, 2.75) is 32.2 Å². The molecule has 0 bridgehead atoms. The topological polar surface area (TPSA) is 36.4 Å². The van der Waals surface area contributed by atoms with Gasteiger partial charge in [-0.2, -0.15) is 11.8 Å². The highest BCUT2D eigenvalue weighted by Crippen LogP contribution is 2.40. The maximum Gasteiger partial charge on any atom is 0.127 e. The molecule has 1 aromatic rings. The summed E-state index contributed by atoms with van der Waals surface area (Å²) in [5, 5.41) is 7.47. The molecule has 2 N–H and O–H groups in total. The summed E-state index contributed by atoms with van der Waals surface area (Å²) < 4.78 is 0. The van der Waals surface area contributed by atoms with Crippen LogP contribution in [0.5, 0.6) is 0 Å². The summed E-state index contributed by atoms with van der Waals surface area (Å²) in [5.41, 5.74) is 5.92. The Kier molecular flexibility index (Phi) is 5.38. The van der Waals surface area contributed by atoms with E-state index in [4.69, 9.17) is 4.99 Å². The van der Waals surface area contributed by atoms with E-state index in [1.54, 1.807) is 6.08 Å². The lowest BCUT2D eigenvalue weighted by Crippen LogP contribution is -2.54. The average Bonchev–Trinajstić information content (AvgIpc) is 2.61. The number of rotatable bonds is 4. The number of allylic oxidation sites excluding steroid dienone is 2. The van der Waals surface area contributed by atoms with Crippen LogP contribution in [0.15, 0.2) is 54.1 Å². The molecule has 0 atom stereocenters. The summed E-state index contributed by atoms with van der Waals surface area (Å²) in [6.45, 7) is 12.6. The Labute approximate surface area is 155 Å². The second kappa shape index (κ2) is 7.52. The zero-order valence-corrected chi connectivity index (χ0v) is 16.0. The van der Waals surface area contributed by atoms with Gasteiger partial charge in [-0.3, -0.25) is 4.99 Å². The minimum absolute atomic E-state index is 0.0829. The monoisotopic (exact) mass is 353 g/mol. The second-order valence-corrected chi connectivity index (χ2v) is 8.00. The predicted octanol–water partition coefficient (Wildman–Crippen LogP) is 5.10. The van der Waals surface area contributed by atoms with E-state index in [9.17, 15) is 0 Å². The number of nitrogens with one attached hydrogen (secondary N) is 2. The van der Waals surface area contributed by atoms with Crippen LogP contribution >= 0.6 is 11.8 Å². The molecule has 0 unspecified atom stereocenters. The summed E-state index contributed by atoms with van der Waals surface area (Å²) >= 11 is 2.02. The number of amidine groups is 1. The van der Waals surface area contributed by atoms with Crippen molar-refractivity contribution in [2.24, 2.45) is 4.99 Å². The third-order valence-corrected chi connectivity index (χ3v) is 6.06. The van der Waals surface area contributed by atoms with Crippen LogP contribution in [0, 0.1) is 13.8 Å². The molecule has 0 aliphatic carbocycles. The minimum atomic E-state index is -0.0829. The Bertz CT molecular complexity index is 740. The molecule has 0 aromatic heterocycles. The summed E-state index contributed by atoms with van der Waals surface area (Å²) in [4.78, 5) is 4.95. The van der Waals surface area contributed by atoms with Gasteiger partial charge < -0.3 is 10.6 Å². The SMILES string of the molecule is C=C/C=C(\C=C)CN=C1Nc2cc(C)c(C)cc2NC12CCSCC2. The van der Waals surface area contributed by atoms with Crippen LogP contribution in [0.25, 0.3) is 0 Å². The summed E-state index contributed by atoms with van der Waals surface area (Å²) in [7, 11) is 0. The van der Waals surface area contributed by atoms with Gasteiger partial charge in [0.1, 0.15) is 5.84 Å². The van der Waals surface area contributed by atoms with Crippen LogP contribution in [0.4, 0.5) is 11.4 Å². The number of aliphatic imine (C=N–C) groups is 1. The van der Waals surface area contributed by atoms with Gasteiger partial charge in [0, 0.05) is 0 Å². The van der Waals surface area contributed by atoms with Gasteiger partial charge in [0.15, 0.2) is 0 Å². The number of anilines is 2. The zero-order valence-electron chi connectivity index (χ0n) is 15.2. The highest BCUT2D eigenvalue weighted by molar-refractivity contribution is 7.99. The Morgan fingerprint density at radius 1 is 1.20 bits per heavy atom. The van der Waals surface area contributed by atoms with Gasteiger partial charge >= 0.3 is 0 Å². The zero-order chi connectivity index (χ0) is 17.9. The Morgan fingerprint density at radius 2 is 1.88 bits per heavy atom. The molecule has 4 heteroatoms. The predicted molar refractivity (Wildman–Crippen MR) is 113 cm³/mol. The molecule has 132 valence electrons. The minimum Gasteiger partial charge on any atom is -0.371 e. The van der Waals surface area contributed by atoms with Crippen LogP contribution in [-0.4, -0.2) is 29.4 Å². The third kappa shape index (κ3) is 3.69. The standard InChI is InChI=1S/C21H27N3S/c1-5-7-17(6-2)14-22-20-21(8-10-25-11-9-21)24-19-13-16(4)15(3)12-18(19)23-20/h5-7,12-13,24H,1-2,8-11,14H2,3-4H3,(H,22,23)/b17-7+. The normalized spacial score (nSPS) is 20.6. The molecule has 1 spiro atoms. The van der Waals surface area contributed by atoms with E-state index in [1.807, 2.05) is 23.9 Å². The van der Waals surface area contributed by atoms with Gasteiger partial charge in [0.2, 0.25) is 0 Å². The molecular formula is C21H27N3S. The summed E-state index contributed by atoms with van der Waals surface area (Å²) in [5.74, 6) is 3.37. The molecular weight excluding hydrogens is 326 g/mol. The lowest BCUT2D eigenvalue weighted by Gasteiger charge is -2.44. The molecule has 2 aliphatic heterocycles. The van der Waals surface area contributed by atoms with Crippen LogP contribution in [0.2, 0.25) is 0 Å². The highest BCUT2D eigenvalue weighted by atomic mass is 32.2. The molecule has 25 heavy (non-hydrogen) atoms. The van der Waals surface area contributed by atoms with Crippen LogP contribution in [0.1, 0.15) is 24.0 Å². The van der Waals surface area contributed by atoms with Crippen molar-refractivity contribution in [2.75, 3.05) is 28.7 Å². The fourth-order valence-corrected chi connectivity index (χ4v) is 4.56. The molecule has 0 amide bonds. The molecule has 3 nitrogen and oxygen atoms in total. The van der Waals surface area contributed by atoms with Crippen molar-refractivity contribution < 1.29 is 0 Å². The van der Waals surface area contributed by atoms with Crippen molar-refractivity contribution in [3.63, 3.8) is 0 Å². The molecule has 1 saturated heterocycles. The third-order valence-electron chi connectivity index (χ3n) is 5.07. The smallest absolute Gasteiger partial charge is 0.127 e. The first-order valence-corrected chi connectivity index (χ1v) is 9.96. The molecule has 0 saturated carbocycles. The molecule has 2 aliphatic rings. The average molecular weight is 354 g/mol. The number of aryl methyl sites for hydroxylation is 2. The van der Waals surface area contributed by atoms with E-state index in [1.165, 1.54) is 16.8 Å². The quantitative estimate of drug-likeness (QED) is 0.739. The fraction of sp³-hybridized carbons (Fsp3) is 0.381. The Hall–Kier alpha value is -1.94. The number of benzene rings is 1. The highest BCUT2D eigenvalue weighted by Gasteiger charge is 2.41. The van der Waals surface area contributed by atoms with Crippen LogP contribution in [-0.2, 0) is 0 Å². The van der Waals surface area contributed by atoms with E-state index >= 15 is 0 Å². The summed E-state index contributed by atoms with van der Waals surface area (Å²) in [6, 6.07) is 4.47.